The van der Waals surface area contributed by atoms with Crippen molar-refractivity contribution in [2.75, 3.05) is 26.2 Å². The Morgan fingerprint density at radius 2 is 1.86 bits per heavy atom. The van der Waals surface area contributed by atoms with E-state index < -0.39 is 0 Å². The number of pyridine rings is 1. The highest BCUT2D eigenvalue weighted by Gasteiger charge is 2.22. The number of nitrogens with zero attached hydrogens (tertiary/aromatic N) is 3. The summed E-state index contributed by atoms with van der Waals surface area (Å²) in [5, 5.41) is 1.07. The third-order valence-corrected chi connectivity index (χ3v) is 5.89. The summed E-state index contributed by atoms with van der Waals surface area (Å²) in [5.41, 5.74) is 5.69. The minimum absolute atomic E-state index is 0.183. The predicted octanol–water partition coefficient (Wildman–Crippen LogP) is 4.15. The fourth-order valence-corrected chi connectivity index (χ4v) is 4.18. The van der Waals surface area contributed by atoms with E-state index >= 15 is 0 Å². The summed E-state index contributed by atoms with van der Waals surface area (Å²) < 4.78 is 5.75. The summed E-state index contributed by atoms with van der Waals surface area (Å²) >= 11 is 0. The van der Waals surface area contributed by atoms with Crippen molar-refractivity contribution < 1.29 is 9.21 Å². The molecule has 1 saturated heterocycles. The number of aryl methyl sites for hydroxylation is 1. The van der Waals surface area contributed by atoms with E-state index in [1.165, 1.54) is 16.7 Å². The molecule has 0 aliphatic carbocycles. The van der Waals surface area contributed by atoms with E-state index in [0.717, 1.165) is 49.3 Å². The lowest BCUT2D eigenvalue weighted by Gasteiger charge is -2.34. The molecular weight excluding hydrogens is 362 g/mol. The number of hydrogen-bond acceptors (Lipinski definition) is 4. The van der Waals surface area contributed by atoms with Crippen molar-refractivity contribution in [3.8, 4) is 0 Å². The number of rotatable bonds is 5. The molecule has 5 nitrogen and oxygen atoms in total. The zero-order valence-electron chi connectivity index (χ0n) is 17.5. The Morgan fingerprint density at radius 3 is 2.55 bits per heavy atom. The zero-order valence-corrected chi connectivity index (χ0v) is 17.5. The van der Waals surface area contributed by atoms with Crippen LogP contribution >= 0.6 is 0 Å². The number of piperazine rings is 1. The van der Waals surface area contributed by atoms with Crippen molar-refractivity contribution in [3.63, 3.8) is 0 Å². The zero-order chi connectivity index (χ0) is 20.4. The van der Waals surface area contributed by atoms with E-state index in [-0.39, 0.29) is 5.91 Å². The smallest absolute Gasteiger partial charge is 0.227 e. The van der Waals surface area contributed by atoms with Crippen molar-refractivity contribution in [1.82, 2.24) is 14.8 Å². The Morgan fingerprint density at radius 1 is 1.14 bits per heavy atom. The standard InChI is InChI=1S/C24H29N3O2/c1-17(2)21-14-22-20(16-29-23(22)12-18(21)3)13-24(28)27-10-8-26(9-11-27)15-19-4-6-25-7-5-19/h4-7,12,14,16-17H,8-11,13,15H2,1-3H3. The Hall–Kier alpha value is -2.66. The van der Waals surface area contributed by atoms with E-state index in [2.05, 4.69) is 54.9 Å². The average Bonchev–Trinajstić information content (AvgIpc) is 3.10. The van der Waals surface area contributed by atoms with Gasteiger partial charge in [-0.3, -0.25) is 14.7 Å². The molecule has 3 heterocycles. The van der Waals surface area contributed by atoms with E-state index in [1.54, 1.807) is 6.26 Å². The van der Waals surface area contributed by atoms with Gasteiger partial charge in [0.15, 0.2) is 0 Å². The highest BCUT2D eigenvalue weighted by atomic mass is 16.3. The van der Waals surface area contributed by atoms with Gasteiger partial charge in [0, 0.05) is 56.1 Å². The van der Waals surface area contributed by atoms with Gasteiger partial charge in [0.1, 0.15) is 5.58 Å². The second-order valence-corrected chi connectivity index (χ2v) is 8.31. The largest absolute Gasteiger partial charge is 0.464 e. The van der Waals surface area contributed by atoms with Crippen LogP contribution in [0.15, 0.2) is 47.3 Å². The summed E-state index contributed by atoms with van der Waals surface area (Å²) in [6.07, 6.45) is 5.82. The molecular formula is C24H29N3O2. The van der Waals surface area contributed by atoms with Crippen LogP contribution in [0.2, 0.25) is 0 Å². The molecule has 1 aliphatic heterocycles. The SMILES string of the molecule is Cc1cc2occ(CC(=O)N3CCN(Cc4ccncc4)CC3)c2cc1C(C)C. The van der Waals surface area contributed by atoms with Gasteiger partial charge in [-0.25, -0.2) is 0 Å². The maximum absolute atomic E-state index is 12.9. The molecule has 0 atom stereocenters. The molecule has 1 fully saturated rings. The molecule has 0 radical (unpaired) electrons. The van der Waals surface area contributed by atoms with Gasteiger partial charge in [-0.15, -0.1) is 0 Å². The monoisotopic (exact) mass is 391 g/mol. The van der Waals surface area contributed by atoms with E-state index in [0.29, 0.717) is 12.3 Å². The number of furan rings is 1. The second kappa shape index (κ2) is 8.37. The molecule has 1 amide bonds. The maximum atomic E-state index is 12.9. The van der Waals surface area contributed by atoms with Gasteiger partial charge < -0.3 is 9.32 Å². The molecule has 2 aromatic heterocycles. The van der Waals surface area contributed by atoms with Gasteiger partial charge in [0.25, 0.3) is 0 Å². The van der Waals surface area contributed by atoms with E-state index in [4.69, 9.17) is 4.42 Å². The third-order valence-electron chi connectivity index (χ3n) is 5.89. The number of carbonyl (C=O) groups excluding carboxylic acids is 1. The summed E-state index contributed by atoms with van der Waals surface area (Å²) in [7, 11) is 0. The van der Waals surface area contributed by atoms with Crippen molar-refractivity contribution in [2.45, 2.75) is 39.7 Å². The molecule has 0 spiro atoms. The molecule has 0 saturated carbocycles. The topological polar surface area (TPSA) is 49.6 Å². The summed E-state index contributed by atoms with van der Waals surface area (Å²) in [5.74, 6) is 0.634. The van der Waals surface area contributed by atoms with Gasteiger partial charge in [0.05, 0.1) is 12.7 Å². The molecule has 0 N–H and O–H groups in total. The van der Waals surface area contributed by atoms with Crippen molar-refractivity contribution in [2.24, 2.45) is 0 Å². The maximum Gasteiger partial charge on any atom is 0.227 e. The Kier molecular flexibility index (Phi) is 5.67. The first kappa shape index (κ1) is 19.6. The predicted molar refractivity (Wildman–Crippen MR) is 115 cm³/mol. The fourth-order valence-electron chi connectivity index (χ4n) is 4.18. The normalized spacial score (nSPS) is 15.4. The number of aromatic nitrogens is 1. The molecule has 29 heavy (non-hydrogen) atoms. The van der Waals surface area contributed by atoms with Crippen LogP contribution in [0.25, 0.3) is 11.0 Å². The lowest BCUT2D eigenvalue weighted by Crippen LogP contribution is -2.48. The molecule has 5 heteroatoms. The lowest BCUT2D eigenvalue weighted by molar-refractivity contribution is -0.132. The minimum Gasteiger partial charge on any atom is -0.464 e. The van der Waals surface area contributed by atoms with E-state index in [1.807, 2.05) is 17.3 Å². The van der Waals surface area contributed by atoms with Crippen LogP contribution in [-0.4, -0.2) is 46.9 Å². The van der Waals surface area contributed by atoms with E-state index in [9.17, 15) is 4.79 Å². The number of amides is 1. The quantitative estimate of drug-likeness (QED) is 0.656. The Bertz CT molecular complexity index is 986. The van der Waals surface area contributed by atoms with Gasteiger partial charge in [-0.05, 0) is 53.8 Å². The Balaban J connectivity index is 1.39. The van der Waals surface area contributed by atoms with Gasteiger partial charge in [-0.2, -0.15) is 0 Å². The highest BCUT2D eigenvalue weighted by Crippen LogP contribution is 2.29. The molecule has 0 bridgehead atoms. The molecule has 4 rings (SSSR count). The van der Waals surface area contributed by atoms with Crippen molar-refractivity contribution in [3.05, 3.63) is 65.2 Å². The summed E-state index contributed by atoms with van der Waals surface area (Å²) in [4.78, 5) is 21.4. The van der Waals surface area contributed by atoms with Crippen LogP contribution in [0, 0.1) is 6.92 Å². The second-order valence-electron chi connectivity index (χ2n) is 8.31. The number of hydrogen-bond donors (Lipinski definition) is 0. The Labute approximate surface area is 172 Å². The lowest BCUT2D eigenvalue weighted by atomic mass is 9.95. The molecule has 0 unspecified atom stereocenters. The van der Waals surface area contributed by atoms with Crippen molar-refractivity contribution in [1.29, 1.82) is 0 Å². The van der Waals surface area contributed by atoms with Crippen LogP contribution < -0.4 is 0 Å². The summed E-state index contributed by atoms with van der Waals surface area (Å²) in [6, 6.07) is 8.40. The van der Waals surface area contributed by atoms with Crippen LogP contribution in [-0.2, 0) is 17.8 Å². The number of carbonyl (C=O) groups is 1. The van der Waals surface area contributed by atoms with Gasteiger partial charge in [-0.1, -0.05) is 13.8 Å². The molecule has 1 aromatic carbocycles. The van der Waals surface area contributed by atoms with Crippen LogP contribution in [0.4, 0.5) is 0 Å². The number of fused-ring (bicyclic) bond motifs is 1. The first-order valence-corrected chi connectivity index (χ1v) is 10.4. The first-order valence-electron chi connectivity index (χ1n) is 10.4. The van der Waals surface area contributed by atoms with Gasteiger partial charge in [0.2, 0.25) is 5.91 Å². The molecule has 152 valence electrons. The van der Waals surface area contributed by atoms with Gasteiger partial charge >= 0.3 is 0 Å². The summed E-state index contributed by atoms with van der Waals surface area (Å²) in [6.45, 7) is 10.8. The van der Waals surface area contributed by atoms with Crippen LogP contribution in [0.3, 0.4) is 0 Å². The van der Waals surface area contributed by atoms with Crippen LogP contribution in [0.1, 0.15) is 42.0 Å². The minimum atomic E-state index is 0.183. The van der Waals surface area contributed by atoms with Crippen molar-refractivity contribution >= 4 is 16.9 Å². The number of benzene rings is 1. The first-order chi connectivity index (χ1) is 14.0. The highest BCUT2D eigenvalue weighted by molar-refractivity contribution is 5.88. The van der Waals surface area contributed by atoms with Crippen LogP contribution in [0.5, 0.6) is 0 Å². The fraction of sp³-hybridized carbons (Fsp3) is 0.417. The third kappa shape index (κ3) is 4.35. The average molecular weight is 392 g/mol. The molecule has 3 aromatic rings. The molecule has 1 aliphatic rings.